The third kappa shape index (κ3) is 2.87. The van der Waals surface area contributed by atoms with E-state index >= 15 is 0 Å². The Bertz CT molecular complexity index is 352. The highest BCUT2D eigenvalue weighted by molar-refractivity contribution is 5.92. The van der Waals surface area contributed by atoms with E-state index in [-0.39, 0.29) is 17.2 Å². The summed E-state index contributed by atoms with van der Waals surface area (Å²) in [6.07, 6.45) is 0.190. The summed E-state index contributed by atoms with van der Waals surface area (Å²) in [7, 11) is 0. The Balaban J connectivity index is 2.04. The third-order valence-electron chi connectivity index (χ3n) is 3.34. The van der Waals surface area contributed by atoms with Crippen LogP contribution in [0.3, 0.4) is 0 Å². The van der Waals surface area contributed by atoms with E-state index in [4.69, 9.17) is 0 Å². The molecule has 0 saturated carbocycles. The van der Waals surface area contributed by atoms with Gasteiger partial charge in [0.05, 0.1) is 12.7 Å². The predicted molar refractivity (Wildman–Crippen MR) is 73.1 cm³/mol. The number of azo groups is 1. The maximum absolute atomic E-state index is 4.53. The largest absolute Gasteiger partial charge is 0.370 e. The fourth-order valence-corrected chi connectivity index (χ4v) is 2.17. The number of aliphatic imine (C=N–C) groups is 1. The number of nitrogens with one attached hydrogen (secondary N) is 3. The molecular formula is C12H24N6. The zero-order chi connectivity index (χ0) is 13.2. The average molecular weight is 252 g/mol. The zero-order valence-corrected chi connectivity index (χ0v) is 11.7. The minimum atomic E-state index is -0.369. The van der Waals surface area contributed by atoms with Gasteiger partial charge in [0.2, 0.25) is 0 Å². The van der Waals surface area contributed by atoms with Crippen LogP contribution >= 0.6 is 0 Å². The van der Waals surface area contributed by atoms with E-state index in [9.17, 15) is 0 Å². The second-order valence-electron chi connectivity index (χ2n) is 5.91. The molecule has 6 nitrogen and oxygen atoms in total. The standard InChI is InChI=1S/C12H24N6/c1-11(2,9-13-5-6-14-9)17-18-12(3,4)10-15-7-8-16-10/h9,13-14H,5-8H2,1-4H3,(H,15,16)/b18-17+. The summed E-state index contributed by atoms with van der Waals surface area (Å²) in [5.74, 6) is 0.939. The minimum absolute atomic E-state index is 0.190. The Morgan fingerprint density at radius 1 is 1.06 bits per heavy atom. The molecule has 0 spiro atoms. The van der Waals surface area contributed by atoms with Crippen molar-refractivity contribution < 1.29 is 0 Å². The van der Waals surface area contributed by atoms with Gasteiger partial charge in [-0.1, -0.05) is 0 Å². The van der Waals surface area contributed by atoms with Crippen molar-refractivity contribution in [3.05, 3.63) is 0 Å². The lowest BCUT2D eigenvalue weighted by molar-refractivity contribution is 0.330. The maximum Gasteiger partial charge on any atom is 0.132 e. The number of hydrogen-bond acceptors (Lipinski definition) is 6. The molecule has 18 heavy (non-hydrogen) atoms. The number of amidine groups is 1. The first-order valence-corrected chi connectivity index (χ1v) is 6.61. The maximum atomic E-state index is 4.53. The molecule has 102 valence electrons. The van der Waals surface area contributed by atoms with Crippen LogP contribution in [-0.2, 0) is 0 Å². The van der Waals surface area contributed by atoms with Gasteiger partial charge >= 0.3 is 0 Å². The Morgan fingerprint density at radius 2 is 1.72 bits per heavy atom. The van der Waals surface area contributed by atoms with Crippen molar-refractivity contribution in [1.82, 2.24) is 16.0 Å². The molecule has 0 radical (unpaired) electrons. The van der Waals surface area contributed by atoms with Crippen LogP contribution in [0.5, 0.6) is 0 Å². The molecule has 6 heteroatoms. The Hall–Kier alpha value is -1.01. The third-order valence-corrected chi connectivity index (χ3v) is 3.34. The van der Waals surface area contributed by atoms with Gasteiger partial charge in [-0.15, -0.1) is 0 Å². The van der Waals surface area contributed by atoms with E-state index in [0.717, 1.165) is 32.0 Å². The summed E-state index contributed by atoms with van der Waals surface area (Å²) < 4.78 is 0. The van der Waals surface area contributed by atoms with Crippen LogP contribution in [0.1, 0.15) is 27.7 Å². The molecular weight excluding hydrogens is 228 g/mol. The predicted octanol–water partition coefficient (Wildman–Crippen LogP) is 0.516. The molecule has 2 aliphatic rings. The highest BCUT2D eigenvalue weighted by Gasteiger charge is 2.33. The van der Waals surface area contributed by atoms with Gasteiger partial charge in [0.1, 0.15) is 16.9 Å². The highest BCUT2D eigenvalue weighted by Crippen LogP contribution is 2.20. The van der Waals surface area contributed by atoms with Gasteiger partial charge in [0.15, 0.2) is 0 Å². The Labute approximate surface area is 109 Å². The fraction of sp³-hybridized carbons (Fsp3) is 0.917. The van der Waals surface area contributed by atoms with E-state index in [0.29, 0.717) is 0 Å². The zero-order valence-electron chi connectivity index (χ0n) is 11.7. The van der Waals surface area contributed by atoms with Crippen molar-refractivity contribution in [2.24, 2.45) is 15.2 Å². The smallest absolute Gasteiger partial charge is 0.132 e. The van der Waals surface area contributed by atoms with E-state index in [1.165, 1.54) is 0 Å². The minimum Gasteiger partial charge on any atom is -0.370 e. The second kappa shape index (κ2) is 4.93. The lowest BCUT2D eigenvalue weighted by Gasteiger charge is -2.28. The van der Waals surface area contributed by atoms with Crippen molar-refractivity contribution in [3.63, 3.8) is 0 Å². The molecule has 1 saturated heterocycles. The van der Waals surface area contributed by atoms with Gasteiger partial charge in [-0.05, 0) is 27.7 Å². The number of hydrogen-bond donors (Lipinski definition) is 3. The Kier molecular flexibility index (Phi) is 3.68. The molecule has 0 amide bonds. The summed E-state index contributed by atoms with van der Waals surface area (Å²) >= 11 is 0. The first-order chi connectivity index (χ1) is 8.42. The topological polar surface area (TPSA) is 73.2 Å². The van der Waals surface area contributed by atoms with Gasteiger partial charge in [-0.3, -0.25) is 15.6 Å². The summed E-state index contributed by atoms with van der Waals surface area (Å²) in [4.78, 5) is 4.43. The van der Waals surface area contributed by atoms with Crippen LogP contribution in [0.2, 0.25) is 0 Å². The van der Waals surface area contributed by atoms with E-state index in [1.54, 1.807) is 0 Å². The lowest BCUT2D eigenvalue weighted by Crippen LogP contribution is -2.49. The molecule has 2 aliphatic heterocycles. The Morgan fingerprint density at radius 3 is 2.28 bits per heavy atom. The molecule has 0 bridgehead atoms. The van der Waals surface area contributed by atoms with Crippen molar-refractivity contribution >= 4 is 5.84 Å². The molecule has 1 fully saturated rings. The molecule has 2 heterocycles. The van der Waals surface area contributed by atoms with Gasteiger partial charge in [0, 0.05) is 19.6 Å². The SMILES string of the molecule is CC(C)(/N=N/C(C)(C)C1NCCN1)C1=NCCN1. The van der Waals surface area contributed by atoms with Crippen LogP contribution in [-0.4, -0.2) is 49.3 Å². The van der Waals surface area contributed by atoms with Crippen molar-refractivity contribution in [1.29, 1.82) is 0 Å². The summed E-state index contributed by atoms with van der Waals surface area (Å²) in [5.41, 5.74) is -0.626. The fourth-order valence-electron chi connectivity index (χ4n) is 2.17. The molecule has 0 unspecified atom stereocenters. The number of rotatable bonds is 4. The van der Waals surface area contributed by atoms with Crippen LogP contribution in [0.25, 0.3) is 0 Å². The summed E-state index contributed by atoms with van der Waals surface area (Å²) in [5, 5.41) is 19.1. The quantitative estimate of drug-likeness (QED) is 0.639. The van der Waals surface area contributed by atoms with Crippen LogP contribution in [0.4, 0.5) is 0 Å². The first kappa shape index (κ1) is 13.4. The first-order valence-electron chi connectivity index (χ1n) is 6.61. The number of nitrogens with zero attached hydrogens (tertiary/aromatic N) is 3. The summed E-state index contributed by atoms with van der Waals surface area (Å²) in [6.45, 7) is 12.0. The van der Waals surface area contributed by atoms with Gasteiger partial charge in [0.25, 0.3) is 0 Å². The van der Waals surface area contributed by atoms with Crippen LogP contribution < -0.4 is 16.0 Å². The summed E-state index contributed by atoms with van der Waals surface area (Å²) in [6, 6.07) is 0. The van der Waals surface area contributed by atoms with Crippen LogP contribution in [0, 0.1) is 0 Å². The van der Waals surface area contributed by atoms with Crippen molar-refractivity contribution in [3.8, 4) is 0 Å². The normalized spacial score (nSPS) is 22.6. The average Bonchev–Trinajstić information content (AvgIpc) is 2.99. The second-order valence-corrected chi connectivity index (χ2v) is 5.91. The molecule has 0 atom stereocenters. The van der Waals surface area contributed by atoms with Gasteiger partial charge in [-0.25, -0.2) is 0 Å². The van der Waals surface area contributed by atoms with Gasteiger partial charge < -0.3 is 5.32 Å². The van der Waals surface area contributed by atoms with E-state index in [2.05, 4.69) is 45.0 Å². The molecule has 3 N–H and O–H groups in total. The molecule has 0 aromatic carbocycles. The molecule has 0 aromatic heterocycles. The molecule has 0 aromatic rings. The van der Waals surface area contributed by atoms with Crippen molar-refractivity contribution in [2.45, 2.75) is 44.9 Å². The van der Waals surface area contributed by atoms with Gasteiger partial charge in [-0.2, -0.15) is 10.2 Å². The highest BCUT2D eigenvalue weighted by atomic mass is 15.3. The van der Waals surface area contributed by atoms with Crippen molar-refractivity contribution in [2.75, 3.05) is 26.2 Å². The van der Waals surface area contributed by atoms with E-state index < -0.39 is 0 Å². The molecule has 0 aliphatic carbocycles. The lowest BCUT2D eigenvalue weighted by atomic mass is 10.0. The van der Waals surface area contributed by atoms with E-state index in [1.807, 2.05) is 13.8 Å². The van der Waals surface area contributed by atoms with Crippen LogP contribution in [0.15, 0.2) is 15.2 Å². The monoisotopic (exact) mass is 252 g/mol. The molecule has 2 rings (SSSR count).